The van der Waals surface area contributed by atoms with E-state index in [0.29, 0.717) is 12.0 Å². The van der Waals surface area contributed by atoms with Crippen LogP contribution in [0.15, 0.2) is 30.6 Å². The Morgan fingerprint density at radius 2 is 1.65 bits per heavy atom. The van der Waals surface area contributed by atoms with Gasteiger partial charge >= 0.3 is 0 Å². The Bertz CT molecular complexity index is 808. The van der Waals surface area contributed by atoms with Crippen LogP contribution in [-0.2, 0) is 6.42 Å². The van der Waals surface area contributed by atoms with E-state index in [1.165, 1.54) is 108 Å². The van der Waals surface area contributed by atoms with E-state index in [1.54, 1.807) is 0 Å². The number of nitrogens with zero attached hydrogens (tertiary/aromatic N) is 2. The molecule has 0 spiro atoms. The molecular formula is C30H50N4. The molecule has 34 heavy (non-hydrogen) atoms. The predicted molar refractivity (Wildman–Crippen MR) is 144 cm³/mol. The maximum atomic E-state index is 7.09. The molecule has 2 aromatic rings. The highest BCUT2D eigenvalue weighted by Crippen LogP contribution is 2.39. The number of hydrogen-bond donors (Lipinski definition) is 2. The van der Waals surface area contributed by atoms with Gasteiger partial charge in [-0.15, -0.1) is 0 Å². The summed E-state index contributed by atoms with van der Waals surface area (Å²) in [6, 6.07) is 6.86. The van der Waals surface area contributed by atoms with E-state index in [9.17, 15) is 0 Å². The zero-order valence-corrected chi connectivity index (χ0v) is 21.8. The number of rotatable bonds is 5. The first kappa shape index (κ1) is 25.7. The third-order valence-electron chi connectivity index (χ3n) is 8.89. The predicted octanol–water partition coefficient (Wildman–Crippen LogP) is 7.05. The average Bonchev–Trinajstić information content (AvgIpc) is 3.25. The van der Waals surface area contributed by atoms with E-state index in [4.69, 9.17) is 10.7 Å². The zero-order chi connectivity index (χ0) is 23.6. The van der Waals surface area contributed by atoms with Gasteiger partial charge in [-0.2, -0.15) is 0 Å². The molecule has 190 valence electrons. The summed E-state index contributed by atoms with van der Waals surface area (Å²) in [6.45, 7) is 3.42. The van der Waals surface area contributed by atoms with Crippen LogP contribution < -0.4 is 11.1 Å². The van der Waals surface area contributed by atoms with Crippen LogP contribution in [0.5, 0.6) is 0 Å². The number of pyridine rings is 1. The molecule has 2 aliphatic carbocycles. The molecule has 0 bridgehead atoms. The Hall–Kier alpha value is -1.39. The topological polar surface area (TPSA) is 55.3 Å². The molecule has 2 heterocycles. The lowest BCUT2D eigenvalue weighted by Crippen LogP contribution is -2.48. The molecule has 0 radical (unpaired) electrons. The number of nitrogens with one attached hydrogen (secondary N) is 1. The van der Waals surface area contributed by atoms with Crippen LogP contribution in [0.4, 0.5) is 0 Å². The third kappa shape index (κ3) is 7.55. The van der Waals surface area contributed by atoms with Gasteiger partial charge in [0.15, 0.2) is 0 Å². The van der Waals surface area contributed by atoms with Gasteiger partial charge in [-0.3, -0.25) is 0 Å². The van der Waals surface area contributed by atoms with Gasteiger partial charge in [0.2, 0.25) is 0 Å². The van der Waals surface area contributed by atoms with Crippen LogP contribution in [-0.4, -0.2) is 27.5 Å². The van der Waals surface area contributed by atoms with Gasteiger partial charge in [0.25, 0.3) is 0 Å². The molecule has 0 aliphatic heterocycles. The van der Waals surface area contributed by atoms with E-state index >= 15 is 0 Å². The highest BCUT2D eigenvalue weighted by molar-refractivity contribution is 5.39. The van der Waals surface area contributed by atoms with Gasteiger partial charge in [0.05, 0.1) is 5.69 Å². The van der Waals surface area contributed by atoms with E-state index in [-0.39, 0.29) is 5.54 Å². The van der Waals surface area contributed by atoms with Gasteiger partial charge in [0, 0.05) is 36.9 Å². The fraction of sp³-hybridized carbons (Fsp3) is 0.767. The summed E-state index contributed by atoms with van der Waals surface area (Å²) < 4.78 is 2.13. The molecule has 2 fully saturated rings. The van der Waals surface area contributed by atoms with Crippen molar-refractivity contribution in [3.8, 4) is 0 Å². The molecule has 4 nitrogen and oxygen atoms in total. The first-order chi connectivity index (χ1) is 16.6. The Labute approximate surface area is 208 Å². The number of aromatic nitrogens is 2. The van der Waals surface area contributed by atoms with Crippen molar-refractivity contribution < 1.29 is 0 Å². The normalized spacial score (nSPS) is 30.7. The summed E-state index contributed by atoms with van der Waals surface area (Å²) in [5, 5.41) is 3.93. The molecule has 0 aromatic carbocycles. The van der Waals surface area contributed by atoms with Crippen molar-refractivity contribution in [1.29, 1.82) is 0 Å². The highest BCUT2D eigenvalue weighted by atomic mass is 15.0. The molecular weight excluding hydrogens is 416 g/mol. The number of fused-ring (bicyclic) bond motifs is 1. The molecule has 3 N–H and O–H groups in total. The summed E-state index contributed by atoms with van der Waals surface area (Å²) >= 11 is 0. The summed E-state index contributed by atoms with van der Waals surface area (Å²) in [5.41, 5.74) is 9.34. The summed E-state index contributed by atoms with van der Waals surface area (Å²) in [6.07, 6.45) is 27.1. The van der Waals surface area contributed by atoms with E-state index < -0.39 is 0 Å². The van der Waals surface area contributed by atoms with Gasteiger partial charge in [-0.1, -0.05) is 76.7 Å². The van der Waals surface area contributed by atoms with E-state index in [1.807, 2.05) is 0 Å². The zero-order valence-electron chi connectivity index (χ0n) is 21.8. The Balaban J connectivity index is 1.34. The second-order valence-electron chi connectivity index (χ2n) is 11.7. The van der Waals surface area contributed by atoms with E-state index in [0.717, 1.165) is 24.5 Å². The van der Waals surface area contributed by atoms with E-state index in [2.05, 4.69) is 47.2 Å². The molecule has 4 heteroatoms. The van der Waals surface area contributed by atoms with Gasteiger partial charge in [-0.25, -0.2) is 4.98 Å². The van der Waals surface area contributed by atoms with Crippen molar-refractivity contribution in [2.75, 3.05) is 6.54 Å². The molecule has 4 unspecified atom stereocenters. The summed E-state index contributed by atoms with van der Waals surface area (Å²) in [5.74, 6) is 1.50. The van der Waals surface area contributed by atoms with Crippen molar-refractivity contribution in [1.82, 2.24) is 14.7 Å². The molecule has 0 amide bonds. The summed E-state index contributed by atoms with van der Waals surface area (Å²) in [4.78, 5) is 4.79. The molecule has 2 saturated carbocycles. The number of imidazole rings is 1. The highest BCUT2D eigenvalue weighted by Gasteiger charge is 2.35. The first-order valence-electron chi connectivity index (χ1n) is 14.6. The lowest BCUT2D eigenvalue weighted by atomic mass is 9.68. The average molecular weight is 467 g/mol. The van der Waals surface area contributed by atoms with Crippen LogP contribution in [0.25, 0.3) is 5.65 Å². The van der Waals surface area contributed by atoms with Gasteiger partial charge < -0.3 is 15.5 Å². The molecule has 4 atom stereocenters. The monoisotopic (exact) mass is 466 g/mol. The Morgan fingerprint density at radius 1 is 0.912 bits per heavy atom. The standard InChI is InChI=1S/C30H50N4/c1-30(31)21-12-7-3-2-4-10-16-28(30)25-14-8-5-6-9-15-26(19-18-25)32-22-20-27-24-34-23-13-11-17-29(34)33-27/h11,13,17,23-26,28,32H,2-10,12,14-16,18-22,31H2,1H3. The SMILES string of the molecule is CC1(N)CCCCCCCCC1C1CCCCCCC(NCCc2cn3ccccc3n2)CC1. The van der Waals surface area contributed by atoms with Crippen LogP contribution in [0.1, 0.15) is 115 Å². The van der Waals surface area contributed by atoms with Crippen LogP contribution in [0, 0.1) is 11.8 Å². The van der Waals surface area contributed by atoms with Crippen molar-refractivity contribution in [3.05, 3.63) is 36.3 Å². The van der Waals surface area contributed by atoms with Crippen molar-refractivity contribution in [3.63, 3.8) is 0 Å². The molecule has 2 aliphatic rings. The second kappa shape index (κ2) is 13.1. The second-order valence-corrected chi connectivity index (χ2v) is 11.7. The quantitative estimate of drug-likeness (QED) is 0.496. The maximum absolute atomic E-state index is 7.09. The maximum Gasteiger partial charge on any atom is 0.136 e. The minimum absolute atomic E-state index is 0.0121. The van der Waals surface area contributed by atoms with Crippen molar-refractivity contribution in [2.24, 2.45) is 17.6 Å². The molecule has 2 aromatic heterocycles. The summed E-state index contributed by atoms with van der Waals surface area (Å²) in [7, 11) is 0. The molecule has 4 rings (SSSR count). The minimum Gasteiger partial charge on any atom is -0.325 e. The third-order valence-corrected chi connectivity index (χ3v) is 8.89. The fourth-order valence-corrected chi connectivity index (χ4v) is 6.84. The van der Waals surface area contributed by atoms with Crippen LogP contribution in [0.2, 0.25) is 0 Å². The van der Waals surface area contributed by atoms with Crippen LogP contribution in [0.3, 0.4) is 0 Å². The van der Waals surface area contributed by atoms with Gasteiger partial charge in [-0.05, 0) is 63.0 Å². The largest absolute Gasteiger partial charge is 0.325 e. The Kier molecular flexibility index (Phi) is 9.87. The van der Waals surface area contributed by atoms with Crippen molar-refractivity contribution >= 4 is 5.65 Å². The minimum atomic E-state index is 0.0121. The Morgan fingerprint density at radius 3 is 2.47 bits per heavy atom. The van der Waals surface area contributed by atoms with Crippen molar-refractivity contribution in [2.45, 2.75) is 128 Å². The fourth-order valence-electron chi connectivity index (χ4n) is 6.84. The first-order valence-corrected chi connectivity index (χ1v) is 14.6. The van der Waals surface area contributed by atoms with Crippen LogP contribution >= 0.6 is 0 Å². The lowest BCUT2D eigenvalue weighted by Gasteiger charge is -2.41. The number of hydrogen-bond acceptors (Lipinski definition) is 3. The molecule has 0 saturated heterocycles. The number of nitrogens with two attached hydrogens (primary N) is 1. The lowest BCUT2D eigenvalue weighted by molar-refractivity contribution is 0.140. The smallest absolute Gasteiger partial charge is 0.136 e. The van der Waals surface area contributed by atoms with Gasteiger partial charge in [0.1, 0.15) is 5.65 Å².